The van der Waals surface area contributed by atoms with E-state index in [0.717, 1.165) is 35.2 Å². The number of likely N-dealkylation sites (tertiary alicyclic amines) is 1. The molecule has 0 aliphatic carbocycles. The van der Waals surface area contributed by atoms with E-state index in [1.807, 2.05) is 43.3 Å². The Hall–Kier alpha value is -3.16. The number of hydroxylamine groups is 1. The number of carbonyl (C=O) groups excluding carboxylic acids is 1. The van der Waals surface area contributed by atoms with Crippen LogP contribution >= 0.6 is 0 Å². The summed E-state index contributed by atoms with van der Waals surface area (Å²) in [5, 5.41) is 10.1. The number of carbonyl (C=O) groups is 1. The predicted molar refractivity (Wildman–Crippen MR) is 135 cm³/mol. The van der Waals surface area contributed by atoms with Gasteiger partial charge in [0.2, 0.25) is 5.91 Å². The van der Waals surface area contributed by atoms with Crippen molar-refractivity contribution in [2.75, 3.05) is 26.2 Å². The highest BCUT2D eigenvalue weighted by Gasteiger charge is 2.22. The van der Waals surface area contributed by atoms with Crippen LogP contribution in [0.4, 0.5) is 0 Å². The summed E-state index contributed by atoms with van der Waals surface area (Å²) in [6.45, 7) is 6.09. The molecular weight excluding hydrogens is 444 g/mol. The van der Waals surface area contributed by atoms with Crippen molar-refractivity contribution in [1.29, 1.82) is 0 Å². The van der Waals surface area contributed by atoms with Gasteiger partial charge in [-0.1, -0.05) is 30.2 Å². The summed E-state index contributed by atoms with van der Waals surface area (Å²) in [7, 11) is 0. The number of aryl methyl sites for hydroxylation is 1. The third kappa shape index (κ3) is 6.93. The average Bonchev–Trinajstić information content (AvgIpc) is 2.88. The SMILES string of the molecule is Cc1ccc2oc(=O)c(CC(Cc3ccc(OCCCN4CCCCC4)cc3)C(=O)NO)cc2c1. The zero-order valence-corrected chi connectivity index (χ0v) is 20.3. The zero-order chi connectivity index (χ0) is 24.6. The summed E-state index contributed by atoms with van der Waals surface area (Å²) < 4.78 is 11.3. The average molecular weight is 479 g/mol. The molecule has 2 aromatic carbocycles. The van der Waals surface area contributed by atoms with E-state index in [9.17, 15) is 14.8 Å². The summed E-state index contributed by atoms with van der Waals surface area (Å²) in [5.41, 5.74) is 4.17. The number of benzene rings is 2. The molecule has 2 heterocycles. The lowest BCUT2D eigenvalue weighted by Gasteiger charge is -2.26. The standard InChI is InChI=1S/C28H34N2O5/c1-20-6-11-26-22(16-20)18-24(28(32)35-26)19-23(27(31)29-33)17-21-7-9-25(10-8-21)34-15-5-14-30-12-3-2-4-13-30/h6-11,16,18,23,33H,2-5,12-15,17,19H2,1H3,(H,29,31). The minimum atomic E-state index is -0.624. The van der Waals surface area contributed by atoms with Crippen LogP contribution in [0.15, 0.2) is 57.7 Å². The van der Waals surface area contributed by atoms with Crippen LogP contribution in [0.1, 0.15) is 42.4 Å². The van der Waals surface area contributed by atoms with Gasteiger partial charge in [-0.3, -0.25) is 10.0 Å². The van der Waals surface area contributed by atoms with Gasteiger partial charge in [-0.2, -0.15) is 0 Å². The molecule has 7 heteroatoms. The van der Waals surface area contributed by atoms with Gasteiger partial charge in [-0.15, -0.1) is 0 Å². The van der Waals surface area contributed by atoms with Gasteiger partial charge in [0.15, 0.2) is 0 Å². The summed E-state index contributed by atoms with van der Waals surface area (Å²) in [6, 6.07) is 15.0. The normalized spacial score (nSPS) is 15.1. The molecule has 1 amide bonds. The lowest BCUT2D eigenvalue weighted by molar-refractivity contribution is -0.133. The van der Waals surface area contributed by atoms with Crippen molar-refractivity contribution in [2.45, 2.75) is 45.4 Å². The maximum atomic E-state index is 12.5. The molecular formula is C28H34N2O5. The number of nitrogens with one attached hydrogen (secondary N) is 1. The number of piperidine rings is 1. The Morgan fingerprint density at radius 2 is 1.86 bits per heavy atom. The maximum absolute atomic E-state index is 12.5. The van der Waals surface area contributed by atoms with Gasteiger partial charge in [0.1, 0.15) is 11.3 Å². The third-order valence-electron chi connectivity index (χ3n) is 6.65. The first-order valence-electron chi connectivity index (χ1n) is 12.4. The van der Waals surface area contributed by atoms with Gasteiger partial charge >= 0.3 is 5.63 Å². The van der Waals surface area contributed by atoms with Gasteiger partial charge < -0.3 is 14.1 Å². The molecule has 1 saturated heterocycles. The quantitative estimate of drug-likeness (QED) is 0.196. The van der Waals surface area contributed by atoms with Gasteiger partial charge in [-0.25, -0.2) is 10.3 Å². The molecule has 3 aromatic rings. The van der Waals surface area contributed by atoms with Crippen LogP contribution < -0.4 is 15.8 Å². The van der Waals surface area contributed by atoms with E-state index in [1.54, 1.807) is 17.6 Å². The van der Waals surface area contributed by atoms with Crippen molar-refractivity contribution in [3.05, 3.63) is 75.6 Å². The Balaban J connectivity index is 1.36. The zero-order valence-electron chi connectivity index (χ0n) is 20.3. The van der Waals surface area contributed by atoms with E-state index in [2.05, 4.69) is 4.90 Å². The van der Waals surface area contributed by atoms with E-state index in [4.69, 9.17) is 9.15 Å². The second-order valence-electron chi connectivity index (χ2n) is 9.43. The van der Waals surface area contributed by atoms with E-state index in [1.165, 1.54) is 32.4 Å². The number of rotatable bonds is 10. The number of ether oxygens (including phenoxy) is 1. The molecule has 1 unspecified atom stereocenters. The fraction of sp³-hybridized carbons (Fsp3) is 0.429. The van der Waals surface area contributed by atoms with Crippen LogP contribution in [0.2, 0.25) is 0 Å². The van der Waals surface area contributed by atoms with Crippen molar-refractivity contribution in [3.63, 3.8) is 0 Å². The van der Waals surface area contributed by atoms with Crippen LogP contribution in [-0.2, 0) is 17.6 Å². The lowest BCUT2D eigenvalue weighted by Crippen LogP contribution is -2.32. The number of amides is 1. The minimum absolute atomic E-state index is 0.160. The monoisotopic (exact) mass is 478 g/mol. The van der Waals surface area contributed by atoms with Crippen LogP contribution in [0.25, 0.3) is 11.0 Å². The second-order valence-corrected chi connectivity index (χ2v) is 9.43. The Kier molecular flexibility index (Phi) is 8.55. The van der Waals surface area contributed by atoms with Gasteiger partial charge in [0.25, 0.3) is 0 Å². The number of hydrogen-bond donors (Lipinski definition) is 2. The largest absolute Gasteiger partial charge is 0.494 e. The molecule has 186 valence electrons. The van der Waals surface area contributed by atoms with Crippen molar-refractivity contribution in [1.82, 2.24) is 10.4 Å². The number of hydrogen-bond acceptors (Lipinski definition) is 6. The number of nitrogens with zero attached hydrogens (tertiary/aromatic N) is 1. The molecule has 1 fully saturated rings. The maximum Gasteiger partial charge on any atom is 0.339 e. The van der Waals surface area contributed by atoms with E-state index < -0.39 is 17.5 Å². The summed E-state index contributed by atoms with van der Waals surface area (Å²) in [5.74, 6) is -0.366. The first-order valence-corrected chi connectivity index (χ1v) is 12.4. The molecule has 1 aromatic heterocycles. The molecule has 0 spiro atoms. The molecule has 0 saturated carbocycles. The van der Waals surface area contributed by atoms with Crippen molar-refractivity contribution in [2.24, 2.45) is 5.92 Å². The highest BCUT2D eigenvalue weighted by molar-refractivity contribution is 5.79. The minimum Gasteiger partial charge on any atom is -0.494 e. The predicted octanol–water partition coefficient (Wildman–Crippen LogP) is 4.26. The van der Waals surface area contributed by atoms with Gasteiger partial charge in [0.05, 0.1) is 6.61 Å². The van der Waals surface area contributed by atoms with Crippen LogP contribution in [0.5, 0.6) is 5.75 Å². The first-order chi connectivity index (χ1) is 17.0. The summed E-state index contributed by atoms with van der Waals surface area (Å²) in [6.07, 6.45) is 5.45. The van der Waals surface area contributed by atoms with Crippen LogP contribution in [-0.4, -0.2) is 42.3 Å². The Labute approximate surface area is 205 Å². The summed E-state index contributed by atoms with van der Waals surface area (Å²) in [4.78, 5) is 27.4. The Morgan fingerprint density at radius 3 is 2.60 bits per heavy atom. The summed E-state index contributed by atoms with van der Waals surface area (Å²) >= 11 is 0. The molecule has 0 radical (unpaired) electrons. The van der Waals surface area contributed by atoms with Crippen LogP contribution in [0, 0.1) is 12.8 Å². The fourth-order valence-electron chi connectivity index (χ4n) is 4.71. The van der Waals surface area contributed by atoms with Crippen molar-refractivity contribution in [3.8, 4) is 5.75 Å². The topological polar surface area (TPSA) is 92.0 Å². The molecule has 1 atom stereocenters. The molecule has 1 aliphatic heterocycles. The van der Waals surface area contributed by atoms with E-state index in [-0.39, 0.29) is 6.42 Å². The molecule has 2 N–H and O–H groups in total. The van der Waals surface area contributed by atoms with Crippen molar-refractivity contribution < 1.29 is 19.2 Å². The lowest BCUT2D eigenvalue weighted by atomic mass is 9.92. The Morgan fingerprint density at radius 1 is 1.09 bits per heavy atom. The molecule has 1 aliphatic rings. The third-order valence-corrected chi connectivity index (χ3v) is 6.65. The number of fused-ring (bicyclic) bond motifs is 1. The Bertz CT molecular complexity index is 1180. The van der Waals surface area contributed by atoms with Gasteiger partial charge in [0, 0.05) is 23.4 Å². The van der Waals surface area contributed by atoms with Gasteiger partial charge in [-0.05, 0) is 88.0 Å². The molecule has 4 rings (SSSR count). The highest BCUT2D eigenvalue weighted by atomic mass is 16.5. The fourth-order valence-corrected chi connectivity index (χ4v) is 4.71. The molecule has 0 bridgehead atoms. The van der Waals surface area contributed by atoms with E-state index in [0.29, 0.717) is 24.2 Å². The van der Waals surface area contributed by atoms with Crippen LogP contribution in [0.3, 0.4) is 0 Å². The van der Waals surface area contributed by atoms with E-state index >= 15 is 0 Å². The second kappa shape index (κ2) is 12.0. The first kappa shape index (κ1) is 24.9. The molecule has 35 heavy (non-hydrogen) atoms. The smallest absolute Gasteiger partial charge is 0.339 e. The van der Waals surface area contributed by atoms with Crippen molar-refractivity contribution >= 4 is 16.9 Å². The highest BCUT2D eigenvalue weighted by Crippen LogP contribution is 2.21. The molecule has 7 nitrogen and oxygen atoms in total.